The number of rotatable bonds is 4. The maximum atomic E-state index is 12.3. The molecule has 2 atom stereocenters. The van der Waals surface area contributed by atoms with Crippen LogP contribution in [-0.4, -0.2) is 12.6 Å². The zero-order valence-electron chi connectivity index (χ0n) is 10.5. The summed E-state index contributed by atoms with van der Waals surface area (Å²) in [5, 5.41) is 0. The predicted octanol–water partition coefficient (Wildman–Crippen LogP) is 3.69. The molecule has 0 saturated heterocycles. The highest BCUT2D eigenvalue weighted by molar-refractivity contribution is 5.77. The third-order valence-electron chi connectivity index (χ3n) is 4.52. The Labute approximate surface area is 98.7 Å². The third-order valence-corrected chi connectivity index (χ3v) is 4.52. The molecule has 2 unspecified atom stereocenters. The fourth-order valence-corrected chi connectivity index (χ4v) is 3.55. The van der Waals surface area contributed by atoms with Gasteiger partial charge in [-0.2, -0.15) is 0 Å². The van der Waals surface area contributed by atoms with Gasteiger partial charge in [0.05, 0.1) is 12.0 Å². The standard InChI is InChI=1S/C14H24O2/c1-2-3-11-16-13(15)14-9-5-4-7-12(14)8-6-10-14/h12H,2-11H2,1H3. The molecule has 2 saturated carbocycles. The number of carbonyl (C=O) groups is 1. The smallest absolute Gasteiger partial charge is 0.312 e. The lowest BCUT2D eigenvalue weighted by atomic mass is 9.68. The molecule has 2 heteroatoms. The predicted molar refractivity (Wildman–Crippen MR) is 64.1 cm³/mol. The van der Waals surface area contributed by atoms with Gasteiger partial charge in [0.25, 0.3) is 0 Å². The summed E-state index contributed by atoms with van der Waals surface area (Å²) in [5.41, 5.74) is -0.0635. The van der Waals surface area contributed by atoms with Gasteiger partial charge in [0, 0.05) is 0 Å². The molecular weight excluding hydrogens is 200 g/mol. The van der Waals surface area contributed by atoms with E-state index in [0.717, 1.165) is 25.7 Å². The second kappa shape index (κ2) is 5.20. The molecule has 0 heterocycles. The highest BCUT2D eigenvalue weighted by atomic mass is 16.5. The van der Waals surface area contributed by atoms with Gasteiger partial charge in [-0.25, -0.2) is 0 Å². The van der Waals surface area contributed by atoms with Gasteiger partial charge in [0.15, 0.2) is 0 Å². The lowest BCUT2D eigenvalue weighted by molar-refractivity contribution is -0.160. The Morgan fingerprint density at radius 3 is 2.81 bits per heavy atom. The van der Waals surface area contributed by atoms with Crippen molar-refractivity contribution in [1.29, 1.82) is 0 Å². The molecule has 92 valence electrons. The van der Waals surface area contributed by atoms with E-state index < -0.39 is 0 Å². The number of hydrogen-bond acceptors (Lipinski definition) is 2. The van der Waals surface area contributed by atoms with Crippen molar-refractivity contribution in [3.05, 3.63) is 0 Å². The van der Waals surface area contributed by atoms with E-state index in [9.17, 15) is 4.79 Å². The Hall–Kier alpha value is -0.530. The first-order chi connectivity index (χ1) is 7.79. The largest absolute Gasteiger partial charge is 0.465 e. The van der Waals surface area contributed by atoms with Crippen molar-refractivity contribution in [3.63, 3.8) is 0 Å². The van der Waals surface area contributed by atoms with Crippen LogP contribution in [0, 0.1) is 11.3 Å². The van der Waals surface area contributed by atoms with E-state index in [-0.39, 0.29) is 11.4 Å². The fraction of sp³-hybridized carbons (Fsp3) is 0.929. The first-order valence-corrected chi connectivity index (χ1v) is 6.97. The maximum absolute atomic E-state index is 12.3. The summed E-state index contributed by atoms with van der Waals surface area (Å²) in [5.74, 6) is 0.763. The van der Waals surface area contributed by atoms with E-state index in [4.69, 9.17) is 4.74 Å². The molecule has 0 N–H and O–H groups in total. The number of unbranched alkanes of at least 4 members (excludes halogenated alkanes) is 1. The Morgan fingerprint density at radius 1 is 1.25 bits per heavy atom. The lowest BCUT2D eigenvalue weighted by Crippen LogP contribution is -2.38. The van der Waals surface area contributed by atoms with Gasteiger partial charge >= 0.3 is 5.97 Å². The molecule has 0 aromatic carbocycles. The van der Waals surface area contributed by atoms with E-state index >= 15 is 0 Å². The van der Waals surface area contributed by atoms with Gasteiger partial charge < -0.3 is 4.74 Å². The second-order valence-electron chi connectivity index (χ2n) is 5.48. The molecule has 0 aromatic rings. The SMILES string of the molecule is CCCCOC(=O)C12CCCCC1CCC2. The van der Waals surface area contributed by atoms with Crippen molar-refractivity contribution in [2.24, 2.45) is 11.3 Å². The van der Waals surface area contributed by atoms with Crippen LogP contribution < -0.4 is 0 Å². The van der Waals surface area contributed by atoms with Crippen LogP contribution in [0.3, 0.4) is 0 Å². The van der Waals surface area contributed by atoms with E-state index in [1.807, 2.05) is 0 Å². The van der Waals surface area contributed by atoms with Gasteiger partial charge in [-0.3, -0.25) is 4.79 Å². The monoisotopic (exact) mass is 224 g/mol. The first-order valence-electron chi connectivity index (χ1n) is 6.97. The minimum absolute atomic E-state index is 0.0635. The molecule has 16 heavy (non-hydrogen) atoms. The van der Waals surface area contributed by atoms with Crippen LogP contribution in [0.5, 0.6) is 0 Å². The summed E-state index contributed by atoms with van der Waals surface area (Å²) in [4.78, 5) is 12.3. The topological polar surface area (TPSA) is 26.3 Å². The van der Waals surface area contributed by atoms with Crippen LogP contribution in [0.1, 0.15) is 64.7 Å². The van der Waals surface area contributed by atoms with Crippen molar-refractivity contribution in [3.8, 4) is 0 Å². The van der Waals surface area contributed by atoms with E-state index in [0.29, 0.717) is 12.5 Å². The molecule has 0 amide bonds. The highest BCUT2D eigenvalue weighted by Gasteiger charge is 2.50. The Kier molecular flexibility index (Phi) is 3.88. The summed E-state index contributed by atoms with van der Waals surface area (Å²) in [6.07, 6.45) is 10.6. The quantitative estimate of drug-likeness (QED) is 0.537. The average Bonchev–Trinajstić information content (AvgIpc) is 2.74. The summed E-state index contributed by atoms with van der Waals surface area (Å²) in [6, 6.07) is 0. The molecule has 0 aliphatic heterocycles. The maximum Gasteiger partial charge on any atom is 0.312 e. The highest BCUT2D eigenvalue weighted by Crippen LogP contribution is 2.52. The molecule has 2 rings (SSSR count). The molecule has 0 aromatic heterocycles. The number of carbonyl (C=O) groups excluding carboxylic acids is 1. The van der Waals surface area contributed by atoms with E-state index in [2.05, 4.69) is 6.92 Å². The van der Waals surface area contributed by atoms with Gasteiger partial charge in [0.1, 0.15) is 0 Å². The van der Waals surface area contributed by atoms with Gasteiger partial charge in [0.2, 0.25) is 0 Å². The summed E-state index contributed by atoms with van der Waals surface area (Å²) in [7, 11) is 0. The summed E-state index contributed by atoms with van der Waals surface area (Å²) in [6.45, 7) is 2.76. The second-order valence-corrected chi connectivity index (χ2v) is 5.48. The zero-order valence-corrected chi connectivity index (χ0v) is 10.5. The van der Waals surface area contributed by atoms with Crippen molar-refractivity contribution < 1.29 is 9.53 Å². The van der Waals surface area contributed by atoms with Gasteiger partial charge in [-0.1, -0.05) is 32.6 Å². The minimum atomic E-state index is -0.0635. The number of ether oxygens (including phenoxy) is 1. The molecular formula is C14H24O2. The van der Waals surface area contributed by atoms with E-state index in [1.54, 1.807) is 0 Å². The minimum Gasteiger partial charge on any atom is -0.465 e. The van der Waals surface area contributed by atoms with Crippen molar-refractivity contribution in [1.82, 2.24) is 0 Å². The third kappa shape index (κ3) is 2.11. The lowest BCUT2D eigenvalue weighted by Gasteiger charge is -2.37. The van der Waals surface area contributed by atoms with Crippen molar-refractivity contribution in [2.75, 3.05) is 6.61 Å². The van der Waals surface area contributed by atoms with Crippen LogP contribution in [0.2, 0.25) is 0 Å². The molecule has 0 spiro atoms. The zero-order chi connectivity index (χ0) is 11.4. The summed E-state index contributed by atoms with van der Waals surface area (Å²) >= 11 is 0. The molecule has 2 nitrogen and oxygen atoms in total. The Balaban J connectivity index is 1.96. The van der Waals surface area contributed by atoms with E-state index in [1.165, 1.54) is 32.1 Å². The van der Waals surface area contributed by atoms with Crippen LogP contribution in [0.25, 0.3) is 0 Å². The van der Waals surface area contributed by atoms with Crippen LogP contribution in [0.4, 0.5) is 0 Å². The average molecular weight is 224 g/mol. The molecule has 2 fully saturated rings. The fourth-order valence-electron chi connectivity index (χ4n) is 3.55. The summed E-state index contributed by atoms with van der Waals surface area (Å²) < 4.78 is 5.49. The normalized spacial score (nSPS) is 33.4. The molecule has 2 aliphatic carbocycles. The molecule has 0 radical (unpaired) electrons. The van der Waals surface area contributed by atoms with Gasteiger partial charge in [-0.15, -0.1) is 0 Å². The van der Waals surface area contributed by atoms with Crippen molar-refractivity contribution >= 4 is 5.97 Å². The van der Waals surface area contributed by atoms with Crippen LogP contribution >= 0.6 is 0 Å². The van der Waals surface area contributed by atoms with Crippen LogP contribution in [0.15, 0.2) is 0 Å². The first kappa shape index (κ1) is 11.9. The number of fused-ring (bicyclic) bond motifs is 1. The molecule has 0 bridgehead atoms. The Bertz CT molecular complexity index is 249. The van der Waals surface area contributed by atoms with Crippen LogP contribution in [-0.2, 0) is 9.53 Å². The molecule has 2 aliphatic rings. The number of esters is 1. The van der Waals surface area contributed by atoms with Gasteiger partial charge in [-0.05, 0) is 38.0 Å². The Morgan fingerprint density at radius 2 is 2.00 bits per heavy atom. The number of hydrogen-bond donors (Lipinski definition) is 0. The van der Waals surface area contributed by atoms with Crippen molar-refractivity contribution in [2.45, 2.75) is 64.7 Å².